The molecule has 0 bridgehead atoms. The summed E-state index contributed by atoms with van der Waals surface area (Å²) in [7, 11) is 3.22. The van der Waals surface area contributed by atoms with E-state index in [-0.39, 0.29) is 11.9 Å². The maximum Gasteiger partial charge on any atom is 0.256 e. The zero-order chi connectivity index (χ0) is 15.4. The number of nitrogen functional groups attached to an aromatic ring is 1. The highest BCUT2D eigenvalue weighted by atomic mass is 16.5. The van der Waals surface area contributed by atoms with Crippen LogP contribution in [0.3, 0.4) is 0 Å². The Morgan fingerprint density at radius 1 is 1.43 bits per heavy atom. The molecule has 1 aromatic rings. The Labute approximate surface area is 126 Å². The van der Waals surface area contributed by atoms with Gasteiger partial charge in [0.15, 0.2) is 0 Å². The molecule has 0 heterocycles. The van der Waals surface area contributed by atoms with Crippen molar-refractivity contribution in [1.29, 1.82) is 0 Å². The number of ether oxygens (including phenoxy) is 2. The van der Waals surface area contributed by atoms with Crippen LogP contribution in [-0.2, 0) is 4.74 Å². The van der Waals surface area contributed by atoms with E-state index in [0.29, 0.717) is 36.1 Å². The molecule has 0 spiro atoms. The summed E-state index contributed by atoms with van der Waals surface area (Å²) in [5.74, 6) is 1.18. The predicted molar refractivity (Wildman–Crippen MR) is 82.5 cm³/mol. The fourth-order valence-electron chi connectivity index (χ4n) is 2.52. The minimum atomic E-state index is -0.0529. The van der Waals surface area contributed by atoms with Crippen LogP contribution in [0.1, 0.15) is 30.1 Å². The highest BCUT2D eigenvalue weighted by molar-refractivity contribution is 5.99. The Hall–Kier alpha value is -1.75. The van der Waals surface area contributed by atoms with Crippen molar-refractivity contribution in [2.75, 3.05) is 33.1 Å². The topological polar surface area (TPSA) is 64.8 Å². The largest absolute Gasteiger partial charge is 0.497 e. The predicted octanol–water partition coefficient (Wildman–Crippen LogP) is 2.16. The summed E-state index contributed by atoms with van der Waals surface area (Å²) < 4.78 is 10.3. The van der Waals surface area contributed by atoms with E-state index in [2.05, 4.69) is 6.92 Å². The molecule has 1 aliphatic rings. The van der Waals surface area contributed by atoms with Gasteiger partial charge in [0.25, 0.3) is 5.91 Å². The summed E-state index contributed by atoms with van der Waals surface area (Å²) >= 11 is 0. The van der Waals surface area contributed by atoms with Crippen molar-refractivity contribution < 1.29 is 14.3 Å². The number of carbonyl (C=O) groups excluding carboxylic acids is 1. The molecule has 116 valence electrons. The second kappa shape index (κ2) is 6.80. The summed E-state index contributed by atoms with van der Waals surface area (Å²) in [4.78, 5) is 14.7. The Morgan fingerprint density at radius 3 is 2.71 bits per heavy atom. The average molecular weight is 292 g/mol. The van der Waals surface area contributed by atoms with E-state index in [1.54, 1.807) is 32.4 Å². The number of benzene rings is 1. The highest BCUT2D eigenvalue weighted by Gasteiger charge is 2.34. The summed E-state index contributed by atoms with van der Waals surface area (Å²) in [5, 5.41) is 0. The minimum Gasteiger partial charge on any atom is -0.497 e. The lowest BCUT2D eigenvalue weighted by Crippen LogP contribution is -2.42. The maximum atomic E-state index is 12.8. The number of hydrogen-bond donors (Lipinski definition) is 1. The normalized spacial score (nSPS) is 15.6. The first-order chi connectivity index (χ1) is 10.1. The van der Waals surface area contributed by atoms with Gasteiger partial charge >= 0.3 is 0 Å². The third-order valence-corrected chi connectivity index (χ3v) is 4.08. The second-order valence-electron chi connectivity index (χ2n) is 5.52. The number of methoxy groups -OCH3 is 2. The van der Waals surface area contributed by atoms with Gasteiger partial charge in [-0.3, -0.25) is 4.79 Å². The van der Waals surface area contributed by atoms with E-state index >= 15 is 0 Å². The fourth-order valence-corrected chi connectivity index (χ4v) is 2.52. The van der Waals surface area contributed by atoms with E-state index in [0.717, 1.165) is 0 Å². The van der Waals surface area contributed by atoms with Crippen molar-refractivity contribution in [2.45, 2.75) is 25.8 Å². The molecule has 1 fully saturated rings. The van der Waals surface area contributed by atoms with E-state index < -0.39 is 0 Å². The van der Waals surface area contributed by atoms with Crippen molar-refractivity contribution >= 4 is 11.6 Å². The standard InChI is InChI=1S/C16H24N2O3/c1-11(12-4-5-12)18(8-9-20-2)16(19)14-10-13(21-3)6-7-15(14)17/h6-7,10-12H,4-5,8-9,17H2,1-3H3. The number of hydrogen-bond acceptors (Lipinski definition) is 4. The highest BCUT2D eigenvalue weighted by Crippen LogP contribution is 2.36. The van der Waals surface area contributed by atoms with Crippen molar-refractivity contribution in [3.8, 4) is 5.75 Å². The van der Waals surface area contributed by atoms with Crippen LogP contribution >= 0.6 is 0 Å². The lowest BCUT2D eigenvalue weighted by molar-refractivity contribution is 0.0595. The summed E-state index contributed by atoms with van der Waals surface area (Å²) in [6, 6.07) is 5.38. The smallest absolute Gasteiger partial charge is 0.256 e. The summed E-state index contributed by atoms with van der Waals surface area (Å²) in [6.07, 6.45) is 2.37. The third kappa shape index (κ3) is 3.67. The number of rotatable bonds is 7. The molecule has 1 amide bonds. The molecule has 5 nitrogen and oxygen atoms in total. The van der Waals surface area contributed by atoms with Gasteiger partial charge in [0.05, 0.1) is 19.3 Å². The van der Waals surface area contributed by atoms with Gasteiger partial charge < -0.3 is 20.1 Å². The van der Waals surface area contributed by atoms with Crippen LogP contribution in [0, 0.1) is 5.92 Å². The Kier molecular flexibility index (Phi) is 5.07. The zero-order valence-corrected chi connectivity index (χ0v) is 13.0. The van der Waals surface area contributed by atoms with Gasteiger partial charge in [-0.15, -0.1) is 0 Å². The quantitative estimate of drug-likeness (QED) is 0.782. The van der Waals surface area contributed by atoms with E-state index in [4.69, 9.17) is 15.2 Å². The van der Waals surface area contributed by atoms with Gasteiger partial charge in [-0.05, 0) is 43.9 Å². The monoisotopic (exact) mass is 292 g/mol. The number of anilines is 1. The molecule has 1 saturated carbocycles. The summed E-state index contributed by atoms with van der Waals surface area (Å²) in [6.45, 7) is 3.19. The molecule has 0 radical (unpaired) electrons. The van der Waals surface area contributed by atoms with Crippen molar-refractivity contribution in [1.82, 2.24) is 4.90 Å². The molecule has 0 aliphatic heterocycles. The molecule has 5 heteroatoms. The summed E-state index contributed by atoms with van der Waals surface area (Å²) in [5.41, 5.74) is 6.95. The molecule has 2 rings (SSSR count). The number of nitrogens with two attached hydrogens (primary N) is 1. The SMILES string of the molecule is COCCN(C(=O)c1cc(OC)ccc1N)C(C)C1CC1. The number of nitrogens with zero attached hydrogens (tertiary/aromatic N) is 1. The van der Waals surface area contributed by atoms with E-state index in [9.17, 15) is 4.79 Å². The van der Waals surface area contributed by atoms with Gasteiger partial charge in [0, 0.05) is 25.4 Å². The third-order valence-electron chi connectivity index (χ3n) is 4.08. The molecule has 1 aliphatic carbocycles. The first-order valence-corrected chi connectivity index (χ1v) is 7.32. The first-order valence-electron chi connectivity index (χ1n) is 7.32. The van der Waals surface area contributed by atoms with Gasteiger partial charge in [-0.25, -0.2) is 0 Å². The molecule has 2 N–H and O–H groups in total. The maximum absolute atomic E-state index is 12.8. The van der Waals surface area contributed by atoms with Gasteiger partial charge in [-0.1, -0.05) is 0 Å². The molecule has 21 heavy (non-hydrogen) atoms. The molecular formula is C16H24N2O3. The molecule has 0 aromatic heterocycles. The Morgan fingerprint density at radius 2 is 2.14 bits per heavy atom. The fraction of sp³-hybridized carbons (Fsp3) is 0.562. The van der Waals surface area contributed by atoms with Crippen LogP contribution in [0.5, 0.6) is 5.75 Å². The van der Waals surface area contributed by atoms with Crippen molar-refractivity contribution in [3.63, 3.8) is 0 Å². The minimum absolute atomic E-state index is 0.0529. The molecule has 1 aromatic carbocycles. The first kappa shape index (κ1) is 15.6. The Bertz CT molecular complexity index is 500. The number of amides is 1. The van der Waals surface area contributed by atoms with Gasteiger partial charge in [0.1, 0.15) is 5.75 Å². The average Bonchev–Trinajstić information content (AvgIpc) is 3.32. The lowest BCUT2D eigenvalue weighted by atomic mass is 10.1. The van der Waals surface area contributed by atoms with Crippen LogP contribution in [0.4, 0.5) is 5.69 Å². The lowest BCUT2D eigenvalue weighted by Gasteiger charge is -2.29. The van der Waals surface area contributed by atoms with Crippen LogP contribution in [0.15, 0.2) is 18.2 Å². The van der Waals surface area contributed by atoms with Crippen molar-refractivity contribution in [2.24, 2.45) is 5.92 Å². The second-order valence-corrected chi connectivity index (χ2v) is 5.52. The molecule has 1 atom stereocenters. The van der Waals surface area contributed by atoms with Gasteiger partial charge in [-0.2, -0.15) is 0 Å². The van der Waals surface area contributed by atoms with Crippen LogP contribution in [-0.4, -0.2) is 44.2 Å². The Balaban J connectivity index is 2.23. The number of carbonyl (C=O) groups is 1. The van der Waals surface area contributed by atoms with E-state index in [1.807, 2.05) is 4.90 Å². The van der Waals surface area contributed by atoms with Crippen LogP contribution in [0.2, 0.25) is 0 Å². The van der Waals surface area contributed by atoms with Crippen LogP contribution in [0.25, 0.3) is 0 Å². The van der Waals surface area contributed by atoms with Crippen molar-refractivity contribution in [3.05, 3.63) is 23.8 Å². The van der Waals surface area contributed by atoms with Crippen LogP contribution < -0.4 is 10.5 Å². The molecule has 1 unspecified atom stereocenters. The van der Waals surface area contributed by atoms with E-state index in [1.165, 1.54) is 12.8 Å². The zero-order valence-electron chi connectivity index (χ0n) is 13.0. The molecule has 0 saturated heterocycles. The molecular weight excluding hydrogens is 268 g/mol. The van der Waals surface area contributed by atoms with Gasteiger partial charge in [0.2, 0.25) is 0 Å².